The van der Waals surface area contributed by atoms with Gasteiger partial charge in [-0.2, -0.15) is 0 Å². The zero-order valence-corrected chi connectivity index (χ0v) is 14.5. The molecule has 0 amide bonds. The van der Waals surface area contributed by atoms with Gasteiger partial charge in [0.05, 0.1) is 4.34 Å². The van der Waals surface area contributed by atoms with Crippen LogP contribution >= 0.6 is 22.9 Å². The fraction of sp³-hybridized carbons (Fsp3) is 0.412. The van der Waals surface area contributed by atoms with Gasteiger partial charge in [-0.05, 0) is 48.7 Å². The van der Waals surface area contributed by atoms with E-state index < -0.39 is 0 Å². The summed E-state index contributed by atoms with van der Waals surface area (Å²) in [4.78, 5) is 2.42. The second-order valence-corrected chi connectivity index (χ2v) is 6.71. The van der Waals surface area contributed by atoms with Crippen LogP contribution in [0.2, 0.25) is 4.34 Å². The van der Waals surface area contributed by atoms with Gasteiger partial charge in [0.2, 0.25) is 0 Å². The molecular weight excluding hydrogens is 300 g/mol. The molecule has 2 nitrogen and oxygen atoms in total. The first-order chi connectivity index (χ1) is 10.1. The Balaban J connectivity index is 2.12. The van der Waals surface area contributed by atoms with Crippen LogP contribution in [-0.2, 0) is 6.54 Å². The number of nitrogens with zero attached hydrogens (tertiary/aromatic N) is 1. The molecule has 2 aromatic rings. The van der Waals surface area contributed by atoms with Crippen LogP contribution in [0.4, 0.5) is 5.69 Å². The predicted molar refractivity (Wildman–Crippen MR) is 94.4 cm³/mol. The van der Waals surface area contributed by atoms with Crippen molar-refractivity contribution in [1.82, 2.24) is 4.90 Å². The van der Waals surface area contributed by atoms with Gasteiger partial charge in [-0.1, -0.05) is 43.6 Å². The zero-order chi connectivity index (χ0) is 15.2. The molecule has 0 aliphatic rings. The maximum atomic E-state index is 6.03. The lowest BCUT2D eigenvalue weighted by Gasteiger charge is -2.22. The molecule has 21 heavy (non-hydrogen) atoms. The molecule has 1 N–H and O–H groups in total. The molecule has 0 radical (unpaired) electrons. The van der Waals surface area contributed by atoms with E-state index in [0.717, 1.165) is 24.0 Å². The summed E-state index contributed by atoms with van der Waals surface area (Å²) in [6, 6.07) is 10.8. The monoisotopic (exact) mass is 322 g/mol. The molecule has 0 aliphatic carbocycles. The Labute approximate surface area is 136 Å². The number of benzene rings is 1. The number of rotatable bonds is 7. The smallest absolute Gasteiger partial charge is 0.0931 e. The lowest BCUT2D eigenvalue weighted by molar-refractivity contribution is 0.296. The van der Waals surface area contributed by atoms with Crippen LogP contribution in [0, 0.1) is 0 Å². The highest BCUT2D eigenvalue weighted by Crippen LogP contribution is 2.28. The van der Waals surface area contributed by atoms with Crippen LogP contribution in [0.1, 0.15) is 37.9 Å². The average Bonchev–Trinajstić information content (AvgIpc) is 2.93. The van der Waals surface area contributed by atoms with E-state index in [-0.39, 0.29) is 6.04 Å². The third-order valence-corrected chi connectivity index (χ3v) is 4.87. The largest absolute Gasteiger partial charge is 0.378 e. The summed E-state index contributed by atoms with van der Waals surface area (Å²) in [6.45, 7) is 9.70. The van der Waals surface area contributed by atoms with Crippen LogP contribution in [-0.4, -0.2) is 18.0 Å². The molecule has 0 fully saturated rings. The van der Waals surface area contributed by atoms with Crippen molar-refractivity contribution in [3.63, 3.8) is 0 Å². The van der Waals surface area contributed by atoms with Gasteiger partial charge in [-0.25, -0.2) is 0 Å². The van der Waals surface area contributed by atoms with E-state index in [2.05, 4.69) is 60.6 Å². The first-order valence-electron chi connectivity index (χ1n) is 7.44. The van der Waals surface area contributed by atoms with E-state index in [1.165, 1.54) is 16.8 Å². The Morgan fingerprint density at radius 1 is 1.24 bits per heavy atom. The second-order valence-electron chi connectivity index (χ2n) is 5.17. The molecule has 1 aromatic carbocycles. The Bertz CT molecular complexity index is 563. The first kappa shape index (κ1) is 16.3. The molecule has 0 spiro atoms. The van der Waals surface area contributed by atoms with Crippen LogP contribution in [0.3, 0.4) is 0 Å². The second kappa shape index (κ2) is 7.83. The highest BCUT2D eigenvalue weighted by molar-refractivity contribution is 7.14. The number of thiophene rings is 1. The van der Waals surface area contributed by atoms with Crippen molar-refractivity contribution in [1.29, 1.82) is 0 Å². The van der Waals surface area contributed by atoms with Crippen molar-refractivity contribution in [3.8, 4) is 0 Å². The topological polar surface area (TPSA) is 15.3 Å². The number of anilines is 1. The number of para-hydroxylation sites is 1. The van der Waals surface area contributed by atoms with E-state index in [1.54, 1.807) is 11.3 Å². The van der Waals surface area contributed by atoms with Crippen molar-refractivity contribution in [2.75, 3.05) is 18.4 Å². The highest BCUT2D eigenvalue weighted by Gasteiger charge is 2.11. The fourth-order valence-electron chi connectivity index (χ4n) is 2.35. The third-order valence-electron chi connectivity index (χ3n) is 3.77. The summed E-state index contributed by atoms with van der Waals surface area (Å²) in [6.07, 6.45) is 0. The summed E-state index contributed by atoms with van der Waals surface area (Å²) < 4.78 is 0.843. The number of hydrogen-bond donors (Lipinski definition) is 1. The van der Waals surface area contributed by atoms with Gasteiger partial charge in [0.15, 0.2) is 0 Å². The maximum absolute atomic E-state index is 6.03. The minimum Gasteiger partial charge on any atom is -0.378 e. The molecule has 0 aliphatic heterocycles. The average molecular weight is 323 g/mol. The minimum atomic E-state index is 0.256. The lowest BCUT2D eigenvalue weighted by Crippen LogP contribution is -2.23. The van der Waals surface area contributed by atoms with E-state index in [1.807, 2.05) is 6.07 Å². The maximum Gasteiger partial charge on any atom is 0.0931 e. The lowest BCUT2D eigenvalue weighted by atomic mass is 10.1. The van der Waals surface area contributed by atoms with E-state index in [9.17, 15) is 0 Å². The molecule has 1 atom stereocenters. The van der Waals surface area contributed by atoms with Gasteiger partial charge < -0.3 is 5.32 Å². The molecule has 1 unspecified atom stereocenters. The predicted octanol–water partition coefficient (Wildman–Crippen LogP) is 5.42. The molecule has 0 saturated heterocycles. The van der Waals surface area contributed by atoms with Crippen LogP contribution < -0.4 is 5.32 Å². The van der Waals surface area contributed by atoms with E-state index in [4.69, 9.17) is 11.6 Å². The summed E-state index contributed by atoms with van der Waals surface area (Å²) >= 11 is 7.61. The number of nitrogens with one attached hydrogen (secondary N) is 1. The minimum absolute atomic E-state index is 0.256. The molecule has 4 heteroatoms. The third kappa shape index (κ3) is 4.47. The van der Waals surface area contributed by atoms with Gasteiger partial charge in [-0.15, -0.1) is 11.3 Å². The van der Waals surface area contributed by atoms with Crippen molar-refractivity contribution in [3.05, 3.63) is 51.2 Å². The van der Waals surface area contributed by atoms with E-state index >= 15 is 0 Å². The van der Waals surface area contributed by atoms with Gasteiger partial charge >= 0.3 is 0 Å². The molecule has 1 aromatic heterocycles. The number of hydrogen-bond acceptors (Lipinski definition) is 3. The van der Waals surface area contributed by atoms with Crippen LogP contribution in [0.25, 0.3) is 0 Å². The summed E-state index contributed by atoms with van der Waals surface area (Å²) in [5.74, 6) is 0. The molecular formula is C17H23ClN2S. The molecule has 114 valence electrons. The van der Waals surface area contributed by atoms with Crippen LogP contribution in [0.15, 0.2) is 35.7 Å². The first-order valence-corrected chi connectivity index (χ1v) is 8.70. The molecule has 0 saturated carbocycles. The summed E-state index contributed by atoms with van der Waals surface area (Å²) in [7, 11) is 0. The van der Waals surface area contributed by atoms with Crippen molar-refractivity contribution >= 4 is 28.6 Å². The van der Waals surface area contributed by atoms with Gasteiger partial charge in [-0.3, -0.25) is 4.90 Å². The normalized spacial score (nSPS) is 12.6. The Morgan fingerprint density at radius 3 is 2.57 bits per heavy atom. The SMILES string of the molecule is CCN(CC)Cc1ccccc1NC(C)c1csc(Cl)c1. The summed E-state index contributed by atoms with van der Waals surface area (Å²) in [5.41, 5.74) is 3.79. The Hall–Kier alpha value is -1.03. The Kier molecular flexibility index (Phi) is 6.09. The zero-order valence-electron chi connectivity index (χ0n) is 12.9. The number of halogens is 1. The Morgan fingerprint density at radius 2 is 1.95 bits per heavy atom. The van der Waals surface area contributed by atoms with Crippen molar-refractivity contribution in [2.45, 2.75) is 33.4 Å². The quantitative estimate of drug-likeness (QED) is 0.732. The van der Waals surface area contributed by atoms with Gasteiger partial charge in [0.1, 0.15) is 0 Å². The summed E-state index contributed by atoms with van der Waals surface area (Å²) in [5, 5.41) is 5.73. The van der Waals surface area contributed by atoms with Gasteiger partial charge in [0.25, 0.3) is 0 Å². The van der Waals surface area contributed by atoms with E-state index in [0.29, 0.717) is 0 Å². The van der Waals surface area contributed by atoms with Crippen molar-refractivity contribution < 1.29 is 0 Å². The standard InChI is InChI=1S/C17H23ClN2S/c1-4-20(5-2)11-14-8-6-7-9-16(14)19-13(3)15-10-17(18)21-12-15/h6-10,12-13,19H,4-5,11H2,1-3H3. The molecule has 0 bridgehead atoms. The van der Waals surface area contributed by atoms with Crippen molar-refractivity contribution in [2.24, 2.45) is 0 Å². The highest BCUT2D eigenvalue weighted by atomic mass is 35.5. The fourth-order valence-corrected chi connectivity index (χ4v) is 3.34. The van der Waals surface area contributed by atoms with Gasteiger partial charge in [0, 0.05) is 18.3 Å². The van der Waals surface area contributed by atoms with Crippen LogP contribution in [0.5, 0.6) is 0 Å². The molecule has 2 rings (SSSR count). The molecule has 1 heterocycles.